The van der Waals surface area contributed by atoms with Crippen LogP contribution in [0.15, 0.2) is 188 Å². The first-order valence-corrected chi connectivity index (χ1v) is 17.6. The minimum absolute atomic E-state index is 0.933. The number of aromatic nitrogens is 3. The average Bonchev–Trinajstić information content (AvgIpc) is 3.22. The van der Waals surface area contributed by atoms with E-state index < -0.39 is 0 Å². The fourth-order valence-electron chi connectivity index (χ4n) is 7.31. The summed E-state index contributed by atoms with van der Waals surface area (Å²) in [5.74, 6) is 0. The van der Waals surface area contributed by atoms with Gasteiger partial charge in [-0.15, -0.1) is 0 Å². The maximum atomic E-state index is 5.33. The molecular formula is C49H31N3. The summed E-state index contributed by atoms with van der Waals surface area (Å²) in [7, 11) is 0. The molecule has 0 atom stereocenters. The van der Waals surface area contributed by atoms with Crippen molar-refractivity contribution in [1.82, 2.24) is 15.0 Å². The molecule has 52 heavy (non-hydrogen) atoms. The van der Waals surface area contributed by atoms with Gasteiger partial charge in [-0.25, -0.2) is 4.98 Å². The molecule has 3 aromatic heterocycles. The third-order valence-corrected chi connectivity index (χ3v) is 10.1. The molecule has 0 saturated carbocycles. The molecule has 0 radical (unpaired) electrons. The molecule has 0 bridgehead atoms. The predicted molar refractivity (Wildman–Crippen MR) is 217 cm³/mol. The lowest BCUT2D eigenvalue weighted by Gasteiger charge is -2.15. The Morgan fingerprint density at radius 1 is 0.250 bits per heavy atom. The van der Waals surface area contributed by atoms with Crippen LogP contribution in [0.1, 0.15) is 0 Å². The van der Waals surface area contributed by atoms with Crippen molar-refractivity contribution in [2.24, 2.45) is 0 Å². The van der Waals surface area contributed by atoms with Gasteiger partial charge in [0.05, 0.1) is 22.4 Å². The largest absolute Gasteiger partial charge is 0.256 e. The van der Waals surface area contributed by atoms with Gasteiger partial charge in [-0.3, -0.25) is 9.97 Å². The van der Waals surface area contributed by atoms with E-state index in [2.05, 4.69) is 174 Å². The molecule has 0 aliphatic carbocycles. The van der Waals surface area contributed by atoms with Crippen LogP contribution >= 0.6 is 0 Å². The summed E-state index contributed by atoms with van der Waals surface area (Å²) >= 11 is 0. The van der Waals surface area contributed by atoms with Crippen molar-refractivity contribution in [2.75, 3.05) is 0 Å². The van der Waals surface area contributed by atoms with Gasteiger partial charge >= 0.3 is 0 Å². The van der Waals surface area contributed by atoms with Crippen molar-refractivity contribution in [1.29, 1.82) is 0 Å². The third-order valence-electron chi connectivity index (χ3n) is 10.1. The van der Waals surface area contributed by atoms with Gasteiger partial charge in [-0.05, 0) is 122 Å². The van der Waals surface area contributed by atoms with Crippen LogP contribution in [0.5, 0.6) is 0 Å². The van der Waals surface area contributed by atoms with Gasteiger partial charge in [0.2, 0.25) is 0 Å². The number of hydrogen-bond donors (Lipinski definition) is 0. The molecule has 242 valence electrons. The number of rotatable bonds is 5. The maximum Gasteiger partial charge on any atom is 0.0715 e. The Hall–Kier alpha value is -6.97. The highest BCUT2D eigenvalue weighted by Gasteiger charge is 2.14. The molecule has 0 fully saturated rings. The van der Waals surface area contributed by atoms with Gasteiger partial charge in [0.25, 0.3) is 0 Å². The molecule has 10 aromatic rings. The van der Waals surface area contributed by atoms with Crippen LogP contribution < -0.4 is 0 Å². The van der Waals surface area contributed by atoms with Crippen molar-refractivity contribution in [3.05, 3.63) is 188 Å². The van der Waals surface area contributed by atoms with Crippen molar-refractivity contribution in [3.8, 4) is 55.9 Å². The van der Waals surface area contributed by atoms with Gasteiger partial charge in [0.1, 0.15) is 0 Å². The first-order valence-electron chi connectivity index (χ1n) is 17.6. The topological polar surface area (TPSA) is 38.7 Å². The highest BCUT2D eigenvalue weighted by Crippen LogP contribution is 2.38. The zero-order valence-corrected chi connectivity index (χ0v) is 28.2. The van der Waals surface area contributed by atoms with E-state index >= 15 is 0 Å². The third kappa shape index (κ3) is 5.55. The molecule has 0 N–H and O–H groups in total. The normalized spacial score (nSPS) is 11.5. The molecule has 0 amide bonds. The average molecular weight is 662 g/mol. The summed E-state index contributed by atoms with van der Waals surface area (Å²) in [4.78, 5) is 14.7. The standard InChI is InChI=1S/C49H31N3/c1-3-9-36-23-40(19-13-32(36)7-1)48-30-45(31-49(52-48)41-20-14-33-8-2-4-10-37(33)24-41)44-26-42(38-17-15-34-11-5-21-50-46(34)28-38)25-43(27-44)39-18-16-35-12-6-22-51-47(35)29-39/h1-31H. The monoisotopic (exact) mass is 661 g/mol. The highest BCUT2D eigenvalue weighted by atomic mass is 14.7. The van der Waals surface area contributed by atoms with Gasteiger partial charge in [-0.2, -0.15) is 0 Å². The molecular weight excluding hydrogens is 631 g/mol. The van der Waals surface area contributed by atoms with E-state index in [1.165, 1.54) is 21.5 Å². The molecule has 0 unspecified atom stereocenters. The Morgan fingerprint density at radius 3 is 1.13 bits per heavy atom. The summed E-state index contributed by atoms with van der Waals surface area (Å²) in [5, 5.41) is 7.06. The Labute approximate surface area is 301 Å². The van der Waals surface area contributed by atoms with Crippen molar-refractivity contribution in [3.63, 3.8) is 0 Å². The molecule has 0 saturated heterocycles. The van der Waals surface area contributed by atoms with Crippen molar-refractivity contribution < 1.29 is 0 Å². The molecule has 10 rings (SSSR count). The number of hydrogen-bond acceptors (Lipinski definition) is 3. The highest BCUT2D eigenvalue weighted by molar-refractivity contribution is 5.93. The SMILES string of the molecule is c1ccc2cc(-c3cc(-c4cc(-c5ccc6cccnc6c5)cc(-c5ccc6cccnc6c5)c4)cc(-c4ccc5ccccc5c4)n3)ccc2c1. The van der Waals surface area contributed by atoms with Gasteiger partial charge in [0, 0.05) is 34.3 Å². The van der Waals surface area contributed by atoms with Crippen LogP contribution in [-0.4, -0.2) is 15.0 Å². The summed E-state index contributed by atoms with van der Waals surface area (Å²) in [6.45, 7) is 0. The molecule has 7 aromatic carbocycles. The smallest absolute Gasteiger partial charge is 0.0715 e. The zero-order chi connectivity index (χ0) is 34.4. The molecule has 0 spiro atoms. The summed E-state index contributed by atoms with van der Waals surface area (Å²) < 4.78 is 0. The summed E-state index contributed by atoms with van der Waals surface area (Å²) in [6.07, 6.45) is 3.71. The number of fused-ring (bicyclic) bond motifs is 4. The van der Waals surface area contributed by atoms with E-state index in [1.54, 1.807) is 0 Å². The molecule has 0 aliphatic rings. The van der Waals surface area contributed by atoms with Gasteiger partial charge < -0.3 is 0 Å². The van der Waals surface area contributed by atoms with E-state index in [9.17, 15) is 0 Å². The molecule has 3 heterocycles. The van der Waals surface area contributed by atoms with Crippen LogP contribution in [-0.2, 0) is 0 Å². The Morgan fingerprint density at radius 2 is 0.635 bits per heavy atom. The van der Waals surface area contributed by atoms with Crippen LogP contribution in [0.25, 0.3) is 99.2 Å². The first-order chi connectivity index (χ1) is 25.7. The van der Waals surface area contributed by atoms with Crippen LogP contribution in [0, 0.1) is 0 Å². The number of benzene rings is 7. The number of pyridine rings is 3. The fourth-order valence-corrected chi connectivity index (χ4v) is 7.31. The lowest BCUT2D eigenvalue weighted by molar-refractivity contribution is 1.33. The second-order valence-electron chi connectivity index (χ2n) is 13.4. The second kappa shape index (κ2) is 12.4. The van der Waals surface area contributed by atoms with E-state index in [-0.39, 0.29) is 0 Å². The summed E-state index contributed by atoms with van der Waals surface area (Å²) in [5.41, 5.74) is 12.7. The van der Waals surface area contributed by atoms with Gasteiger partial charge in [-0.1, -0.05) is 109 Å². The van der Waals surface area contributed by atoms with Crippen LogP contribution in [0.3, 0.4) is 0 Å². The van der Waals surface area contributed by atoms with E-state index in [1.807, 2.05) is 24.5 Å². The lowest BCUT2D eigenvalue weighted by atomic mass is 9.91. The Kier molecular flexibility index (Phi) is 7.14. The fraction of sp³-hybridized carbons (Fsp3) is 0. The van der Waals surface area contributed by atoms with E-state index in [4.69, 9.17) is 4.98 Å². The second-order valence-corrected chi connectivity index (χ2v) is 13.4. The van der Waals surface area contributed by atoms with Crippen LogP contribution in [0.4, 0.5) is 0 Å². The Balaban J connectivity index is 1.21. The van der Waals surface area contributed by atoms with Gasteiger partial charge in [0.15, 0.2) is 0 Å². The quantitative estimate of drug-likeness (QED) is 0.184. The minimum atomic E-state index is 0.933. The zero-order valence-electron chi connectivity index (χ0n) is 28.2. The van der Waals surface area contributed by atoms with E-state index in [0.29, 0.717) is 0 Å². The van der Waals surface area contributed by atoms with Crippen LogP contribution in [0.2, 0.25) is 0 Å². The lowest BCUT2D eigenvalue weighted by Crippen LogP contribution is -1.93. The number of nitrogens with zero attached hydrogens (tertiary/aromatic N) is 3. The maximum absolute atomic E-state index is 5.33. The van der Waals surface area contributed by atoms with E-state index in [0.717, 1.165) is 77.7 Å². The first kappa shape index (κ1) is 29.9. The van der Waals surface area contributed by atoms with Crippen molar-refractivity contribution in [2.45, 2.75) is 0 Å². The predicted octanol–water partition coefficient (Wildman–Crippen LogP) is 12.8. The van der Waals surface area contributed by atoms with Crippen molar-refractivity contribution >= 4 is 43.4 Å². The molecule has 3 nitrogen and oxygen atoms in total. The minimum Gasteiger partial charge on any atom is -0.256 e. The summed E-state index contributed by atoms with van der Waals surface area (Å²) in [6, 6.07) is 62.9. The molecule has 3 heteroatoms. The Bertz CT molecular complexity index is 2580. The molecule has 0 aliphatic heterocycles.